The number of aryl methyl sites for hydroxylation is 1. The zero-order valence-corrected chi connectivity index (χ0v) is 14.4. The van der Waals surface area contributed by atoms with Crippen molar-refractivity contribution in [2.45, 2.75) is 31.6 Å². The van der Waals surface area contributed by atoms with Gasteiger partial charge < -0.3 is 5.32 Å². The van der Waals surface area contributed by atoms with Gasteiger partial charge in [-0.2, -0.15) is 0 Å². The zero-order valence-electron chi connectivity index (χ0n) is 13.6. The van der Waals surface area contributed by atoms with Crippen LogP contribution in [0.2, 0.25) is 5.02 Å². The van der Waals surface area contributed by atoms with E-state index in [4.69, 9.17) is 11.6 Å². The molecule has 4 heteroatoms. The summed E-state index contributed by atoms with van der Waals surface area (Å²) in [5.74, 6) is 0.417. The number of carbonyl (C=O) groups excluding carboxylic acids is 1. The van der Waals surface area contributed by atoms with Crippen molar-refractivity contribution in [1.82, 2.24) is 5.32 Å². The van der Waals surface area contributed by atoms with Gasteiger partial charge in [-0.15, -0.1) is 0 Å². The summed E-state index contributed by atoms with van der Waals surface area (Å²) in [5.41, 5.74) is 4.86. The molecule has 0 saturated carbocycles. The van der Waals surface area contributed by atoms with Crippen molar-refractivity contribution >= 4 is 23.3 Å². The number of halogens is 1. The van der Waals surface area contributed by atoms with Crippen LogP contribution in [-0.2, 0) is 12.8 Å². The van der Waals surface area contributed by atoms with Gasteiger partial charge in [-0.3, -0.25) is 4.90 Å². The lowest BCUT2D eigenvalue weighted by Crippen LogP contribution is -2.41. The summed E-state index contributed by atoms with van der Waals surface area (Å²) in [6, 6.07) is 14.4. The maximum absolute atomic E-state index is 12.6. The molecule has 0 bridgehead atoms. The second-order valence-electron chi connectivity index (χ2n) is 6.61. The van der Waals surface area contributed by atoms with E-state index in [1.807, 2.05) is 23.1 Å². The Balaban J connectivity index is 1.45. The number of nitrogens with one attached hydrogen (secondary N) is 1. The number of hydrogen-bond donors (Lipinski definition) is 1. The molecule has 0 fully saturated rings. The zero-order chi connectivity index (χ0) is 16.5. The molecule has 2 aromatic carbocycles. The van der Waals surface area contributed by atoms with Crippen molar-refractivity contribution in [3.63, 3.8) is 0 Å². The molecule has 0 radical (unpaired) electrons. The molecule has 2 aromatic rings. The Kier molecular flexibility index (Phi) is 4.19. The molecule has 0 spiro atoms. The number of carbonyl (C=O) groups is 1. The molecule has 3 nitrogen and oxygen atoms in total. The Morgan fingerprint density at radius 1 is 1.17 bits per heavy atom. The lowest BCUT2D eigenvalue weighted by Gasteiger charge is -2.27. The highest BCUT2D eigenvalue weighted by molar-refractivity contribution is 6.32. The van der Waals surface area contributed by atoms with Gasteiger partial charge >= 0.3 is 6.03 Å². The van der Waals surface area contributed by atoms with Crippen LogP contribution in [-0.4, -0.2) is 19.1 Å². The predicted octanol–water partition coefficient (Wildman–Crippen LogP) is 4.53. The normalized spacial score (nSPS) is 18.9. The minimum atomic E-state index is -0.0147. The molecule has 1 unspecified atom stereocenters. The summed E-state index contributed by atoms with van der Waals surface area (Å²) in [5, 5.41) is 3.89. The lowest BCUT2D eigenvalue weighted by molar-refractivity contribution is 0.245. The molecule has 1 atom stereocenters. The second kappa shape index (κ2) is 6.48. The van der Waals surface area contributed by atoms with Crippen LogP contribution in [0.1, 0.15) is 35.4 Å². The van der Waals surface area contributed by atoms with Gasteiger partial charge in [-0.05, 0) is 54.5 Å². The van der Waals surface area contributed by atoms with Crippen molar-refractivity contribution in [3.8, 4) is 0 Å². The van der Waals surface area contributed by atoms with Crippen LogP contribution in [0.25, 0.3) is 0 Å². The van der Waals surface area contributed by atoms with Crippen LogP contribution in [0.4, 0.5) is 10.5 Å². The van der Waals surface area contributed by atoms with Gasteiger partial charge in [-0.25, -0.2) is 4.79 Å². The van der Waals surface area contributed by atoms with E-state index < -0.39 is 0 Å². The summed E-state index contributed by atoms with van der Waals surface area (Å²) < 4.78 is 0. The fourth-order valence-electron chi connectivity index (χ4n) is 3.98. The van der Waals surface area contributed by atoms with Crippen molar-refractivity contribution in [1.29, 1.82) is 0 Å². The topological polar surface area (TPSA) is 32.3 Å². The van der Waals surface area contributed by atoms with Gasteiger partial charge in [0, 0.05) is 24.0 Å². The summed E-state index contributed by atoms with van der Waals surface area (Å²) >= 11 is 6.24. The van der Waals surface area contributed by atoms with Crippen LogP contribution in [0.3, 0.4) is 0 Å². The van der Waals surface area contributed by atoms with Crippen LogP contribution >= 0.6 is 11.6 Å². The number of hydrogen-bond acceptors (Lipinski definition) is 1. The third-order valence-electron chi connectivity index (χ3n) is 5.21. The third kappa shape index (κ3) is 2.78. The fourth-order valence-corrected chi connectivity index (χ4v) is 4.24. The number of rotatable bonds is 2. The summed E-state index contributed by atoms with van der Waals surface area (Å²) in [4.78, 5) is 14.5. The van der Waals surface area contributed by atoms with Gasteiger partial charge in [0.25, 0.3) is 0 Å². The molecule has 1 aliphatic heterocycles. The molecule has 24 heavy (non-hydrogen) atoms. The number of fused-ring (bicyclic) bond motifs is 2. The highest BCUT2D eigenvalue weighted by atomic mass is 35.5. The number of benzene rings is 2. The Labute approximate surface area is 147 Å². The maximum Gasteiger partial charge on any atom is 0.321 e. The van der Waals surface area contributed by atoms with Gasteiger partial charge in [0.15, 0.2) is 0 Å². The molecule has 1 heterocycles. The maximum atomic E-state index is 12.6. The smallest absolute Gasteiger partial charge is 0.321 e. The molecule has 0 aromatic heterocycles. The van der Waals surface area contributed by atoms with E-state index >= 15 is 0 Å². The molecule has 1 aliphatic carbocycles. The number of urea groups is 1. The molecule has 0 saturated heterocycles. The Morgan fingerprint density at radius 3 is 2.96 bits per heavy atom. The molecule has 2 aliphatic rings. The van der Waals surface area contributed by atoms with Crippen LogP contribution in [0.5, 0.6) is 0 Å². The minimum absolute atomic E-state index is 0.0147. The molecule has 124 valence electrons. The van der Waals surface area contributed by atoms with E-state index in [0.717, 1.165) is 35.5 Å². The minimum Gasteiger partial charge on any atom is -0.337 e. The Bertz CT molecular complexity index is 774. The first-order valence-corrected chi connectivity index (χ1v) is 9.02. The quantitative estimate of drug-likeness (QED) is 0.855. The molecule has 4 rings (SSSR count). The van der Waals surface area contributed by atoms with Gasteiger partial charge in [0.1, 0.15) is 0 Å². The first-order chi connectivity index (χ1) is 11.7. The number of nitrogens with zero attached hydrogens (tertiary/aromatic N) is 1. The average molecular weight is 341 g/mol. The largest absolute Gasteiger partial charge is 0.337 e. The highest BCUT2D eigenvalue weighted by Gasteiger charge is 2.27. The summed E-state index contributed by atoms with van der Waals surface area (Å²) in [6.45, 7) is 1.40. The fraction of sp³-hybridized carbons (Fsp3) is 0.350. The summed E-state index contributed by atoms with van der Waals surface area (Å²) in [6.07, 6.45) is 4.31. The number of amides is 2. The van der Waals surface area contributed by atoms with Crippen molar-refractivity contribution < 1.29 is 4.79 Å². The van der Waals surface area contributed by atoms with E-state index in [-0.39, 0.29) is 6.03 Å². The van der Waals surface area contributed by atoms with Crippen molar-refractivity contribution in [3.05, 3.63) is 64.2 Å². The predicted molar refractivity (Wildman–Crippen MR) is 98.0 cm³/mol. The summed E-state index contributed by atoms with van der Waals surface area (Å²) in [7, 11) is 0. The molecule has 1 N–H and O–H groups in total. The lowest BCUT2D eigenvalue weighted by atomic mass is 9.83. The van der Waals surface area contributed by atoms with Crippen molar-refractivity contribution in [2.24, 2.45) is 0 Å². The van der Waals surface area contributed by atoms with E-state index in [1.165, 1.54) is 17.5 Å². The SMILES string of the molecule is O=C(NCC1CCCc2ccccc21)N1CCc2c(Cl)cccc21. The van der Waals surface area contributed by atoms with Gasteiger partial charge in [-0.1, -0.05) is 41.9 Å². The monoisotopic (exact) mass is 340 g/mol. The standard InChI is InChI=1S/C20H21ClN2O/c21-18-9-4-10-19-17(18)11-12-23(19)20(24)22-13-15-7-3-6-14-5-1-2-8-16(14)15/h1-2,4-5,8-10,15H,3,6-7,11-13H2,(H,22,24). The van der Waals surface area contributed by atoms with E-state index in [9.17, 15) is 4.79 Å². The van der Waals surface area contributed by atoms with Crippen LogP contribution in [0.15, 0.2) is 42.5 Å². The van der Waals surface area contributed by atoms with E-state index in [2.05, 4.69) is 29.6 Å². The Morgan fingerprint density at radius 2 is 2.04 bits per heavy atom. The third-order valence-corrected chi connectivity index (χ3v) is 5.56. The molecular formula is C20H21ClN2O. The average Bonchev–Trinajstić information content (AvgIpc) is 3.05. The van der Waals surface area contributed by atoms with Crippen LogP contribution in [0, 0.1) is 0 Å². The number of anilines is 1. The Hall–Kier alpha value is -2.00. The first kappa shape index (κ1) is 15.5. The van der Waals surface area contributed by atoms with Gasteiger partial charge in [0.05, 0.1) is 5.69 Å². The molecular weight excluding hydrogens is 320 g/mol. The first-order valence-electron chi connectivity index (χ1n) is 8.64. The van der Waals surface area contributed by atoms with E-state index in [0.29, 0.717) is 19.0 Å². The van der Waals surface area contributed by atoms with Gasteiger partial charge in [0.2, 0.25) is 0 Å². The van der Waals surface area contributed by atoms with Crippen molar-refractivity contribution in [2.75, 3.05) is 18.0 Å². The molecule has 2 amide bonds. The second-order valence-corrected chi connectivity index (χ2v) is 7.02. The van der Waals surface area contributed by atoms with Crippen LogP contribution < -0.4 is 10.2 Å². The van der Waals surface area contributed by atoms with E-state index in [1.54, 1.807) is 0 Å². The highest BCUT2D eigenvalue weighted by Crippen LogP contribution is 2.34.